The fourth-order valence-corrected chi connectivity index (χ4v) is 1.03. The summed E-state index contributed by atoms with van der Waals surface area (Å²) in [6, 6.07) is 0. The fraction of sp³-hybridized carbons (Fsp3) is 0.143. The Balaban J connectivity index is 3.00. The van der Waals surface area contributed by atoms with Crippen molar-refractivity contribution in [3.63, 3.8) is 0 Å². The molecule has 0 radical (unpaired) electrons. The van der Waals surface area contributed by atoms with E-state index in [2.05, 4.69) is 25.9 Å². The Hall–Kier alpha value is -1.50. The summed E-state index contributed by atoms with van der Waals surface area (Å²) < 4.78 is 5.19. The first-order valence-corrected chi connectivity index (χ1v) is 4.40. The van der Waals surface area contributed by atoms with E-state index in [4.69, 9.17) is 21.3 Å². The summed E-state index contributed by atoms with van der Waals surface area (Å²) in [5.74, 6) is -0.292. The first-order chi connectivity index (χ1) is 6.50. The molecule has 0 fully saturated rings. The van der Waals surface area contributed by atoms with Crippen LogP contribution in [0.4, 0.5) is 5.82 Å². The predicted octanol–water partition coefficient (Wildman–Crippen LogP) is 1.16. The lowest BCUT2D eigenvalue weighted by Crippen LogP contribution is -2.14. The van der Waals surface area contributed by atoms with Gasteiger partial charge in [-0.05, 0) is 15.9 Å². The van der Waals surface area contributed by atoms with E-state index in [9.17, 15) is 0 Å². The van der Waals surface area contributed by atoms with E-state index in [1.165, 1.54) is 13.1 Å². The lowest BCUT2D eigenvalue weighted by Gasteiger charge is -2.05. The van der Waals surface area contributed by atoms with Gasteiger partial charge < -0.3 is 10.5 Å². The van der Waals surface area contributed by atoms with E-state index in [0.717, 1.165) is 0 Å². The van der Waals surface area contributed by atoms with E-state index in [1.54, 1.807) is 0 Å². The molecule has 74 valence electrons. The Morgan fingerprint density at radius 3 is 2.79 bits per heavy atom. The lowest BCUT2D eigenvalue weighted by atomic mass is 10.4. The molecule has 6 nitrogen and oxygen atoms in total. The third-order valence-corrected chi connectivity index (χ3v) is 1.62. The highest BCUT2D eigenvalue weighted by molar-refractivity contribution is 9.10. The predicted molar refractivity (Wildman–Crippen MR) is 55.5 cm³/mol. The molecular formula is C7H8BrN5O. The van der Waals surface area contributed by atoms with Gasteiger partial charge in [-0.1, -0.05) is 0 Å². The fourth-order valence-electron chi connectivity index (χ4n) is 0.745. The molecule has 1 rings (SSSR count). The summed E-state index contributed by atoms with van der Waals surface area (Å²) in [5, 5.41) is 14.5. The van der Waals surface area contributed by atoms with Gasteiger partial charge in [-0.15, -0.1) is 0 Å². The molecule has 1 aromatic rings. The summed E-state index contributed by atoms with van der Waals surface area (Å²) in [5.41, 5.74) is 5.60. The Labute approximate surface area is 88.7 Å². The number of nitrogens with zero attached hydrogens (tertiary/aromatic N) is 2. The number of ether oxygens (including phenoxy) is 1. The molecule has 1 heterocycles. The van der Waals surface area contributed by atoms with Crippen LogP contribution in [0.2, 0.25) is 0 Å². The molecule has 0 aliphatic carbocycles. The summed E-state index contributed by atoms with van der Waals surface area (Å²) in [6.07, 6.45) is 1.42. The molecule has 0 atom stereocenters. The van der Waals surface area contributed by atoms with E-state index in [1.807, 2.05) is 0 Å². The third kappa shape index (κ3) is 2.49. The van der Waals surface area contributed by atoms with Crippen molar-refractivity contribution in [2.45, 2.75) is 6.92 Å². The summed E-state index contributed by atoms with van der Waals surface area (Å²) >= 11 is 3.10. The number of nitrogens with two attached hydrogens (primary N) is 1. The van der Waals surface area contributed by atoms with Crippen LogP contribution < -0.4 is 5.73 Å². The average molecular weight is 258 g/mol. The molecule has 0 spiro atoms. The number of rotatable bonds is 1. The van der Waals surface area contributed by atoms with Gasteiger partial charge in [0.25, 0.3) is 0 Å². The minimum absolute atomic E-state index is 0.0967. The van der Waals surface area contributed by atoms with Gasteiger partial charge >= 0.3 is 0 Å². The minimum atomic E-state index is -0.288. The summed E-state index contributed by atoms with van der Waals surface area (Å²) in [6.45, 7) is 1.41. The molecule has 14 heavy (non-hydrogen) atoms. The monoisotopic (exact) mass is 257 g/mol. The van der Waals surface area contributed by atoms with Crippen LogP contribution in [0.15, 0.2) is 10.8 Å². The molecule has 0 saturated carbocycles. The van der Waals surface area contributed by atoms with Crippen molar-refractivity contribution >= 4 is 33.5 Å². The number of nitrogens with one attached hydrogen (secondary N) is 2. The Morgan fingerprint density at radius 2 is 2.21 bits per heavy atom. The number of nitrogen functional groups attached to an aromatic ring is 1. The molecule has 0 saturated heterocycles. The van der Waals surface area contributed by atoms with Crippen LogP contribution in [0.25, 0.3) is 0 Å². The van der Waals surface area contributed by atoms with Gasteiger partial charge in [0.15, 0.2) is 17.4 Å². The summed E-state index contributed by atoms with van der Waals surface area (Å²) in [4.78, 5) is 7.69. The zero-order valence-electron chi connectivity index (χ0n) is 7.34. The van der Waals surface area contributed by atoms with Crippen LogP contribution in [0.1, 0.15) is 12.6 Å². The second-order valence-electron chi connectivity index (χ2n) is 2.41. The standard InChI is InChI=1S/C7H8BrN5O/c1-3(9)14-7(11)5-6(10)12-2-4(8)13-5/h2,9,11H,1H3,(H2,10,12). The summed E-state index contributed by atoms with van der Waals surface area (Å²) in [7, 11) is 0. The van der Waals surface area contributed by atoms with Gasteiger partial charge in [0, 0.05) is 6.92 Å². The first-order valence-electron chi connectivity index (χ1n) is 3.60. The molecule has 0 amide bonds. The van der Waals surface area contributed by atoms with E-state index in [0.29, 0.717) is 4.60 Å². The zero-order chi connectivity index (χ0) is 10.7. The topological polar surface area (TPSA) is 109 Å². The maximum Gasteiger partial charge on any atom is 0.243 e. The molecule has 0 aliphatic heterocycles. The largest absolute Gasteiger partial charge is 0.424 e. The van der Waals surface area contributed by atoms with Gasteiger partial charge in [0.05, 0.1) is 6.20 Å². The quantitative estimate of drug-likeness (QED) is 0.518. The van der Waals surface area contributed by atoms with Crippen LogP contribution in [-0.4, -0.2) is 21.8 Å². The van der Waals surface area contributed by atoms with Crippen molar-refractivity contribution in [1.82, 2.24) is 9.97 Å². The van der Waals surface area contributed by atoms with E-state index < -0.39 is 0 Å². The van der Waals surface area contributed by atoms with Crippen molar-refractivity contribution in [3.05, 3.63) is 16.5 Å². The number of hydrogen-bond acceptors (Lipinski definition) is 6. The van der Waals surface area contributed by atoms with Gasteiger partial charge in [0.2, 0.25) is 5.90 Å². The molecule has 7 heteroatoms. The van der Waals surface area contributed by atoms with Crippen molar-refractivity contribution in [1.29, 1.82) is 10.8 Å². The zero-order valence-corrected chi connectivity index (χ0v) is 8.92. The van der Waals surface area contributed by atoms with Gasteiger partial charge in [0.1, 0.15) is 4.60 Å². The molecule has 0 aliphatic rings. The van der Waals surface area contributed by atoms with Crippen LogP contribution in [0, 0.1) is 10.8 Å². The van der Waals surface area contributed by atoms with Crippen LogP contribution in [-0.2, 0) is 4.74 Å². The number of anilines is 1. The Kier molecular flexibility index (Phi) is 3.13. The highest BCUT2D eigenvalue weighted by Gasteiger charge is 2.11. The normalized spacial score (nSPS) is 9.57. The second-order valence-corrected chi connectivity index (χ2v) is 3.23. The smallest absolute Gasteiger partial charge is 0.243 e. The Morgan fingerprint density at radius 1 is 1.57 bits per heavy atom. The van der Waals surface area contributed by atoms with E-state index in [-0.39, 0.29) is 23.3 Å². The Bertz CT molecular complexity index is 392. The van der Waals surface area contributed by atoms with Gasteiger partial charge in [-0.25, -0.2) is 9.97 Å². The van der Waals surface area contributed by atoms with Crippen molar-refractivity contribution in [2.24, 2.45) is 0 Å². The van der Waals surface area contributed by atoms with Gasteiger partial charge in [-0.2, -0.15) is 0 Å². The van der Waals surface area contributed by atoms with Crippen molar-refractivity contribution in [2.75, 3.05) is 5.73 Å². The molecule has 0 bridgehead atoms. The van der Waals surface area contributed by atoms with Crippen molar-refractivity contribution in [3.8, 4) is 0 Å². The number of halogens is 1. The molecular weight excluding hydrogens is 250 g/mol. The second kappa shape index (κ2) is 4.14. The molecule has 4 N–H and O–H groups in total. The number of aromatic nitrogens is 2. The molecule has 0 unspecified atom stereocenters. The van der Waals surface area contributed by atoms with Crippen LogP contribution >= 0.6 is 15.9 Å². The first kappa shape index (κ1) is 10.6. The molecule has 1 aromatic heterocycles. The van der Waals surface area contributed by atoms with E-state index >= 15 is 0 Å². The maximum absolute atomic E-state index is 7.43. The van der Waals surface area contributed by atoms with Crippen molar-refractivity contribution < 1.29 is 4.74 Å². The highest BCUT2D eigenvalue weighted by atomic mass is 79.9. The average Bonchev–Trinajstić information content (AvgIpc) is 2.08. The number of hydrogen-bond donors (Lipinski definition) is 3. The third-order valence-electron chi connectivity index (χ3n) is 1.24. The SMILES string of the molecule is CC(=N)OC(=N)c1nc(Br)cnc1N. The maximum atomic E-state index is 7.43. The van der Waals surface area contributed by atoms with Gasteiger partial charge in [-0.3, -0.25) is 10.8 Å². The molecule has 0 aromatic carbocycles. The lowest BCUT2D eigenvalue weighted by molar-refractivity contribution is 0.529. The van der Waals surface area contributed by atoms with Crippen LogP contribution in [0.3, 0.4) is 0 Å². The minimum Gasteiger partial charge on any atom is -0.424 e. The highest BCUT2D eigenvalue weighted by Crippen LogP contribution is 2.11. The van der Waals surface area contributed by atoms with Crippen LogP contribution in [0.5, 0.6) is 0 Å².